The summed E-state index contributed by atoms with van der Waals surface area (Å²) in [5.41, 5.74) is -0.150. The SMILES string of the molecule is CCC(C)(C)NC(=O)CNCCCC(=O)NC1CC1. The highest BCUT2D eigenvalue weighted by Crippen LogP contribution is 2.18. The Hall–Kier alpha value is -1.10. The number of carbonyl (C=O) groups is 2. The number of carbonyl (C=O) groups excluding carboxylic acids is 2. The number of hydrogen-bond donors (Lipinski definition) is 3. The third-order valence-corrected chi connectivity index (χ3v) is 3.35. The van der Waals surface area contributed by atoms with Crippen molar-refractivity contribution in [2.75, 3.05) is 13.1 Å². The molecule has 3 N–H and O–H groups in total. The number of rotatable bonds is 9. The van der Waals surface area contributed by atoms with Crippen molar-refractivity contribution in [3.8, 4) is 0 Å². The predicted octanol–water partition coefficient (Wildman–Crippen LogP) is 0.940. The first-order valence-corrected chi connectivity index (χ1v) is 7.24. The molecule has 1 saturated carbocycles. The van der Waals surface area contributed by atoms with Crippen molar-refractivity contribution < 1.29 is 9.59 Å². The van der Waals surface area contributed by atoms with E-state index < -0.39 is 0 Å². The minimum absolute atomic E-state index is 0.00859. The van der Waals surface area contributed by atoms with E-state index in [0.717, 1.165) is 25.7 Å². The Bertz CT molecular complexity index is 312. The van der Waals surface area contributed by atoms with Crippen LogP contribution in [0.25, 0.3) is 0 Å². The van der Waals surface area contributed by atoms with E-state index >= 15 is 0 Å². The molecule has 0 saturated heterocycles. The number of hydrogen-bond acceptors (Lipinski definition) is 3. The molecule has 0 spiro atoms. The summed E-state index contributed by atoms with van der Waals surface area (Å²) < 4.78 is 0. The highest BCUT2D eigenvalue weighted by molar-refractivity contribution is 5.78. The molecule has 1 fully saturated rings. The first kappa shape index (κ1) is 16.0. The van der Waals surface area contributed by atoms with Gasteiger partial charge in [0.15, 0.2) is 0 Å². The number of amides is 2. The van der Waals surface area contributed by atoms with Gasteiger partial charge in [-0.3, -0.25) is 9.59 Å². The Morgan fingerprint density at radius 3 is 2.47 bits per heavy atom. The van der Waals surface area contributed by atoms with Gasteiger partial charge in [-0.05, 0) is 46.1 Å². The Labute approximate surface area is 115 Å². The summed E-state index contributed by atoms with van der Waals surface area (Å²) in [6.07, 6.45) is 4.45. The van der Waals surface area contributed by atoms with Crippen molar-refractivity contribution >= 4 is 11.8 Å². The van der Waals surface area contributed by atoms with Crippen LogP contribution in [0.2, 0.25) is 0 Å². The average molecular weight is 269 g/mol. The van der Waals surface area contributed by atoms with Crippen LogP contribution in [0.3, 0.4) is 0 Å². The second-order valence-electron chi connectivity index (χ2n) is 5.91. The lowest BCUT2D eigenvalue weighted by molar-refractivity contribution is -0.122. The fourth-order valence-corrected chi connectivity index (χ4v) is 1.61. The van der Waals surface area contributed by atoms with Crippen LogP contribution in [0.4, 0.5) is 0 Å². The predicted molar refractivity (Wildman–Crippen MR) is 75.8 cm³/mol. The van der Waals surface area contributed by atoms with Crippen molar-refractivity contribution in [2.24, 2.45) is 0 Å². The van der Waals surface area contributed by atoms with E-state index in [4.69, 9.17) is 0 Å². The molecule has 1 aliphatic carbocycles. The summed E-state index contributed by atoms with van der Waals surface area (Å²) in [4.78, 5) is 23.0. The molecule has 19 heavy (non-hydrogen) atoms. The average Bonchev–Trinajstić information content (AvgIpc) is 3.12. The highest BCUT2D eigenvalue weighted by atomic mass is 16.2. The Morgan fingerprint density at radius 1 is 1.21 bits per heavy atom. The van der Waals surface area contributed by atoms with E-state index in [1.165, 1.54) is 0 Å². The maximum atomic E-state index is 11.6. The second-order valence-corrected chi connectivity index (χ2v) is 5.91. The van der Waals surface area contributed by atoms with Crippen molar-refractivity contribution in [2.45, 2.75) is 64.5 Å². The maximum absolute atomic E-state index is 11.6. The normalized spacial score (nSPS) is 15.1. The number of nitrogens with one attached hydrogen (secondary N) is 3. The van der Waals surface area contributed by atoms with E-state index in [0.29, 0.717) is 25.6 Å². The van der Waals surface area contributed by atoms with Crippen LogP contribution in [-0.2, 0) is 9.59 Å². The molecule has 0 unspecified atom stereocenters. The van der Waals surface area contributed by atoms with Gasteiger partial charge in [0.25, 0.3) is 0 Å². The lowest BCUT2D eigenvalue weighted by Crippen LogP contribution is -2.46. The molecule has 0 radical (unpaired) electrons. The molecule has 0 aromatic carbocycles. The molecule has 0 bridgehead atoms. The van der Waals surface area contributed by atoms with Gasteiger partial charge < -0.3 is 16.0 Å². The molecule has 5 nitrogen and oxygen atoms in total. The van der Waals surface area contributed by atoms with Crippen molar-refractivity contribution in [3.63, 3.8) is 0 Å². The van der Waals surface area contributed by atoms with Gasteiger partial charge in [-0.15, -0.1) is 0 Å². The molecule has 110 valence electrons. The zero-order chi connectivity index (χ0) is 14.3. The van der Waals surface area contributed by atoms with E-state index in [1.807, 2.05) is 20.8 Å². The van der Waals surface area contributed by atoms with Gasteiger partial charge in [-0.2, -0.15) is 0 Å². The van der Waals surface area contributed by atoms with Crippen LogP contribution in [0.5, 0.6) is 0 Å². The monoisotopic (exact) mass is 269 g/mol. The Balaban J connectivity index is 1.97. The van der Waals surface area contributed by atoms with Gasteiger partial charge in [-0.1, -0.05) is 6.92 Å². The van der Waals surface area contributed by atoms with Gasteiger partial charge in [0.05, 0.1) is 6.54 Å². The van der Waals surface area contributed by atoms with Crippen LogP contribution >= 0.6 is 0 Å². The van der Waals surface area contributed by atoms with E-state index in [2.05, 4.69) is 16.0 Å². The molecule has 1 aliphatic rings. The quantitative estimate of drug-likeness (QED) is 0.546. The van der Waals surface area contributed by atoms with Crippen LogP contribution in [0.1, 0.15) is 52.9 Å². The molecule has 0 atom stereocenters. The van der Waals surface area contributed by atoms with Crippen LogP contribution in [0.15, 0.2) is 0 Å². The fraction of sp³-hybridized carbons (Fsp3) is 0.857. The summed E-state index contributed by atoms with van der Waals surface area (Å²) >= 11 is 0. The van der Waals surface area contributed by atoms with Crippen molar-refractivity contribution in [1.29, 1.82) is 0 Å². The summed E-state index contributed by atoms with van der Waals surface area (Å²) in [6, 6.07) is 0.433. The summed E-state index contributed by atoms with van der Waals surface area (Å²) in [5, 5.41) is 8.97. The second kappa shape index (κ2) is 7.48. The van der Waals surface area contributed by atoms with Gasteiger partial charge in [0.2, 0.25) is 11.8 Å². The van der Waals surface area contributed by atoms with Crippen LogP contribution in [0, 0.1) is 0 Å². The minimum Gasteiger partial charge on any atom is -0.353 e. The fourth-order valence-electron chi connectivity index (χ4n) is 1.61. The third-order valence-electron chi connectivity index (χ3n) is 3.35. The zero-order valence-corrected chi connectivity index (χ0v) is 12.3. The van der Waals surface area contributed by atoms with Crippen LogP contribution < -0.4 is 16.0 Å². The molecule has 2 amide bonds. The lowest BCUT2D eigenvalue weighted by Gasteiger charge is -2.24. The van der Waals surface area contributed by atoms with E-state index in [-0.39, 0.29) is 17.4 Å². The van der Waals surface area contributed by atoms with Crippen molar-refractivity contribution in [1.82, 2.24) is 16.0 Å². The van der Waals surface area contributed by atoms with Gasteiger partial charge in [0.1, 0.15) is 0 Å². The van der Waals surface area contributed by atoms with Gasteiger partial charge >= 0.3 is 0 Å². The minimum atomic E-state index is -0.150. The molecular weight excluding hydrogens is 242 g/mol. The lowest BCUT2D eigenvalue weighted by atomic mass is 10.0. The Kier molecular flexibility index (Phi) is 6.28. The summed E-state index contributed by atoms with van der Waals surface area (Å²) in [7, 11) is 0. The van der Waals surface area contributed by atoms with E-state index in [1.54, 1.807) is 0 Å². The van der Waals surface area contributed by atoms with Crippen molar-refractivity contribution in [3.05, 3.63) is 0 Å². The summed E-state index contributed by atoms with van der Waals surface area (Å²) in [6.45, 7) is 7.07. The topological polar surface area (TPSA) is 70.2 Å². The molecule has 1 rings (SSSR count). The summed E-state index contributed by atoms with van der Waals surface area (Å²) in [5.74, 6) is 0.134. The Morgan fingerprint density at radius 2 is 1.89 bits per heavy atom. The zero-order valence-electron chi connectivity index (χ0n) is 12.3. The first-order chi connectivity index (χ1) is 8.93. The molecule has 0 heterocycles. The van der Waals surface area contributed by atoms with Crippen LogP contribution in [-0.4, -0.2) is 36.5 Å². The maximum Gasteiger partial charge on any atom is 0.234 e. The standard InChI is InChI=1S/C14H27N3O2/c1-4-14(2,3)17-13(19)10-15-9-5-6-12(18)16-11-7-8-11/h11,15H,4-10H2,1-3H3,(H,16,18)(H,17,19). The molecule has 0 aliphatic heterocycles. The third kappa shape index (κ3) is 7.82. The van der Waals surface area contributed by atoms with Gasteiger partial charge in [0, 0.05) is 18.0 Å². The molecule has 0 aromatic heterocycles. The molecular formula is C14H27N3O2. The molecule has 0 aromatic rings. The molecule has 5 heteroatoms. The smallest absolute Gasteiger partial charge is 0.234 e. The van der Waals surface area contributed by atoms with Gasteiger partial charge in [-0.25, -0.2) is 0 Å². The first-order valence-electron chi connectivity index (χ1n) is 7.24. The highest BCUT2D eigenvalue weighted by Gasteiger charge is 2.22. The van der Waals surface area contributed by atoms with E-state index in [9.17, 15) is 9.59 Å². The largest absolute Gasteiger partial charge is 0.353 e.